The predicted octanol–water partition coefficient (Wildman–Crippen LogP) is -0.643. The molecule has 0 radical (unpaired) electrons. The molecule has 0 bridgehead atoms. The zero-order chi connectivity index (χ0) is 18.2. The van der Waals surface area contributed by atoms with Gasteiger partial charge >= 0.3 is 0 Å². The zero-order valence-electron chi connectivity index (χ0n) is 14.3. The quantitative estimate of drug-likeness (QED) is 0.760. The highest BCUT2D eigenvalue weighted by Crippen LogP contribution is 2.18. The second kappa shape index (κ2) is 6.41. The number of piperazine rings is 1. The summed E-state index contributed by atoms with van der Waals surface area (Å²) < 4.78 is 1.35. The Hall–Kier alpha value is -2.52. The summed E-state index contributed by atoms with van der Waals surface area (Å²) in [5.74, 6) is -0.806. The molecule has 0 spiro atoms. The third-order valence-electron chi connectivity index (χ3n) is 4.70. The van der Waals surface area contributed by atoms with Crippen molar-refractivity contribution in [3.8, 4) is 0 Å². The average molecular weight is 346 g/mol. The Morgan fingerprint density at radius 1 is 1.28 bits per heavy atom. The molecule has 0 aliphatic carbocycles. The standard InChI is InChI=1S/C16H22N6O3/c1-16(2,10-23)21-7-5-20(6-8-21)15(25)12-3-4-18-14-11(13(17)24)9-19-22(12)14/h3-4,9,23H,5-8,10H2,1-2H3,(H2,17,24). The van der Waals surface area contributed by atoms with Crippen molar-refractivity contribution in [2.75, 3.05) is 32.8 Å². The number of nitrogens with zero attached hydrogens (tertiary/aromatic N) is 5. The lowest BCUT2D eigenvalue weighted by molar-refractivity contribution is 0.0161. The second-order valence-corrected chi connectivity index (χ2v) is 6.74. The Labute approximate surface area is 145 Å². The molecular weight excluding hydrogens is 324 g/mol. The summed E-state index contributed by atoms with van der Waals surface area (Å²) in [5.41, 5.74) is 5.80. The number of aliphatic hydroxyl groups is 1. The van der Waals surface area contributed by atoms with E-state index in [-0.39, 0.29) is 29.3 Å². The van der Waals surface area contributed by atoms with Crippen LogP contribution in [0.3, 0.4) is 0 Å². The molecule has 3 heterocycles. The van der Waals surface area contributed by atoms with Crippen LogP contribution in [0.15, 0.2) is 18.5 Å². The van der Waals surface area contributed by atoms with Gasteiger partial charge in [0, 0.05) is 37.9 Å². The molecule has 2 aromatic rings. The van der Waals surface area contributed by atoms with Gasteiger partial charge in [-0.05, 0) is 19.9 Å². The van der Waals surface area contributed by atoms with E-state index in [0.717, 1.165) is 0 Å². The summed E-state index contributed by atoms with van der Waals surface area (Å²) in [6, 6.07) is 1.58. The summed E-state index contributed by atoms with van der Waals surface area (Å²) in [6.07, 6.45) is 2.80. The minimum Gasteiger partial charge on any atom is -0.394 e. The van der Waals surface area contributed by atoms with Crippen molar-refractivity contribution in [1.29, 1.82) is 0 Å². The van der Waals surface area contributed by atoms with Gasteiger partial charge in [-0.15, -0.1) is 0 Å². The molecule has 2 amide bonds. The van der Waals surface area contributed by atoms with Gasteiger partial charge in [0.2, 0.25) is 0 Å². The smallest absolute Gasteiger partial charge is 0.272 e. The summed E-state index contributed by atoms with van der Waals surface area (Å²) in [5, 5.41) is 13.6. The number of nitrogens with two attached hydrogens (primary N) is 1. The maximum atomic E-state index is 12.9. The molecule has 0 unspecified atom stereocenters. The Morgan fingerprint density at radius 2 is 1.96 bits per heavy atom. The maximum Gasteiger partial charge on any atom is 0.272 e. The highest BCUT2D eigenvalue weighted by molar-refractivity contribution is 5.99. The predicted molar refractivity (Wildman–Crippen MR) is 90.1 cm³/mol. The third-order valence-corrected chi connectivity index (χ3v) is 4.70. The number of carbonyl (C=O) groups excluding carboxylic acids is 2. The highest BCUT2D eigenvalue weighted by Gasteiger charge is 2.31. The van der Waals surface area contributed by atoms with Crippen LogP contribution in [-0.4, -0.2) is 79.6 Å². The Balaban J connectivity index is 1.81. The highest BCUT2D eigenvalue weighted by atomic mass is 16.3. The number of fused-ring (bicyclic) bond motifs is 1. The third kappa shape index (κ3) is 3.08. The van der Waals surface area contributed by atoms with E-state index < -0.39 is 5.91 Å². The van der Waals surface area contributed by atoms with Gasteiger partial charge in [-0.3, -0.25) is 14.5 Å². The monoisotopic (exact) mass is 346 g/mol. The molecule has 1 aliphatic heterocycles. The fraction of sp³-hybridized carbons (Fsp3) is 0.500. The molecule has 9 nitrogen and oxygen atoms in total. The minimum absolute atomic E-state index is 0.0646. The van der Waals surface area contributed by atoms with Crippen LogP contribution in [-0.2, 0) is 0 Å². The lowest BCUT2D eigenvalue weighted by Crippen LogP contribution is -2.57. The molecule has 0 saturated carbocycles. The second-order valence-electron chi connectivity index (χ2n) is 6.74. The van der Waals surface area contributed by atoms with Crippen LogP contribution in [0.4, 0.5) is 0 Å². The zero-order valence-corrected chi connectivity index (χ0v) is 14.3. The lowest BCUT2D eigenvalue weighted by atomic mass is 10.0. The first-order valence-corrected chi connectivity index (χ1v) is 8.13. The van der Waals surface area contributed by atoms with Crippen molar-refractivity contribution < 1.29 is 14.7 Å². The van der Waals surface area contributed by atoms with E-state index in [4.69, 9.17) is 5.73 Å². The van der Waals surface area contributed by atoms with Crippen molar-refractivity contribution in [3.63, 3.8) is 0 Å². The first-order valence-electron chi connectivity index (χ1n) is 8.13. The molecule has 3 rings (SSSR count). The molecule has 0 aromatic carbocycles. The van der Waals surface area contributed by atoms with Crippen LogP contribution in [0.2, 0.25) is 0 Å². The number of rotatable bonds is 4. The van der Waals surface area contributed by atoms with Gasteiger partial charge in [-0.1, -0.05) is 0 Å². The topological polar surface area (TPSA) is 117 Å². The summed E-state index contributed by atoms with van der Waals surface area (Å²) in [6.45, 7) is 6.48. The number of carbonyl (C=O) groups is 2. The molecular formula is C16H22N6O3. The van der Waals surface area contributed by atoms with E-state index in [1.165, 1.54) is 16.9 Å². The van der Waals surface area contributed by atoms with Gasteiger partial charge < -0.3 is 15.7 Å². The molecule has 134 valence electrons. The largest absolute Gasteiger partial charge is 0.394 e. The molecule has 1 fully saturated rings. The number of primary amides is 1. The van der Waals surface area contributed by atoms with Crippen molar-refractivity contribution >= 4 is 17.5 Å². The summed E-state index contributed by atoms with van der Waals surface area (Å²) in [7, 11) is 0. The number of hydrogen-bond acceptors (Lipinski definition) is 6. The molecule has 3 N–H and O–H groups in total. The molecule has 2 aromatic heterocycles. The summed E-state index contributed by atoms with van der Waals surface area (Å²) >= 11 is 0. The van der Waals surface area contributed by atoms with Crippen LogP contribution >= 0.6 is 0 Å². The van der Waals surface area contributed by atoms with Gasteiger partial charge in [-0.2, -0.15) is 5.10 Å². The van der Waals surface area contributed by atoms with Crippen LogP contribution in [0.5, 0.6) is 0 Å². The van der Waals surface area contributed by atoms with E-state index in [2.05, 4.69) is 15.0 Å². The van der Waals surface area contributed by atoms with Crippen molar-refractivity contribution in [1.82, 2.24) is 24.4 Å². The van der Waals surface area contributed by atoms with Crippen molar-refractivity contribution in [2.45, 2.75) is 19.4 Å². The van der Waals surface area contributed by atoms with E-state index in [1.54, 1.807) is 11.0 Å². The van der Waals surface area contributed by atoms with E-state index in [9.17, 15) is 14.7 Å². The molecule has 9 heteroatoms. The normalized spacial score (nSPS) is 16.4. The van der Waals surface area contributed by atoms with Gasteiger partial charge in [0.05, 0.1) is 12.8 Å². The Bertz CT molecular complexity index is 807. The molecule has 25 heavy (non-hydrogen) atoms. The van der Waals surface area contributed by atoms with Crippen LogP contribution in [0.25, 0.3) is 5.65 Å². The lowest BCUT2D eigenvalue weighted by Gasteiger charge is -2.43. The van der Waals surface area contributed by atoms with E-state index in [1.807, 2.05) is 13.8 Å². The average Bonchev–Trinajstić information content (AvgIpc) is 3.05. The fourth-order valence-corrected chi connectivity index (χ4v) is 3.00. The van der Waals surface area contributed by atoms with Crippen LogP contribution < -0.4 is 5.73 Å². The Kier molecular flexibility index (Phi) is 4.44. The van der Waals surface area contributed by atoms with Crippen LogP contribution in [0, 0.1) is 0 Å². The first kappa shape index (κ1) is 17.3. The number of aromatic nitrogens is 3. The van der Waals surface area contributed by atoms with E-state index in [0.29, 0.717) is 31.9 Å². The first-order chi connectivity index (χ1) is 11.8. The fourth-order valence-electron chi connectivity index (χ4n) is 3.00. The van der Waals surface area contributed by atoms with Gasteiger partial charge in [0.15, 0.2) is 5.65 Å². The number of aliphatic hydroxyl groups excluding tert-OH is 1. The van der Waals surface area contributed by atoms with Gasteiger partial charge in [-0.25, -0.2) is 9.50 Å². The minimum atomic E-state index is -0.632. The molecule has 0 atom stereocenters. The molecule has 1 aliphatic rings. The maximum absolute atomic E-state index is 12.9. The van der Waals surface area contributed by atoms with Crippen LogP contribution in [0.1, 0.15) is 34.7 Å². The van der Waals surface area contributed by atoms with Crippen molar-refractivity contribution in [2.24, 2.45) is 5.73 Å². The van der Waals surface area contributed by atoms with E-state index >= 15 is 0 Å². The van der Waals surface area contributed by atoms with Crippen molar-refractivity contribution in [3.05, 3.63) is 29.7 Å². The number of hydrogen-bond donors (Lipinski definition) is 2. The van der Waals surface area contributed by atoms with Gasteiger partial charge in [0.1, 0.15) is 11.3 Å². The molecule has 1 saturated heterocycles. The van der Waals surface area contributed by atoms with Gasteiger partial charge in [0.25, 0.3) is 11.8 Å². The Morgan fingerprint density at radius 3 is 2.56 bits per heavy atom. The SMILES string of the molecule is CC(C)(CO)N1CCN(C(=O)c2ccnc3c(C(N)=O)cnn23)CC1. The number of amides is 2. The summed E-state index contributed by atoms with van der Waals surface area (Å²) in [4.78, 5) is 32.3.